The highest BCUT2D eigenvalue weighted by atomic mass is 32.2. The van der Waals surface area contributed by atoms with E-state index in [2.05, 4.69) is 16.8 Å². The number of sulfone groups is 1. The van der Waals surface area contributed by atoms with Crippen LogP contribution in [0, 0.1) is 11.8 Å². The van der Waals surface area contributed by atoms with Gasteiger partial charge < -0.3 is 14.4 Å². The van der Waals surface area contributed by atoms with E-state index in [0.717, 1.165) is 0 Å². The number of aromatic nitrogens is 1. The number of ether oxygens (including phenoxy) is 2. The van der Waals surface area contributed by atoms with Gasteiger partial charge in [-0.3, -0.25) is 14.6 Å². The summed E-state index contributed by atoms with van der Waals surface area (Å²) in [6.07, 6.45) is 2.88. The predicted molar refractivity (Wildman–Crippen MR) is 117 cm³/mol. The first-order valence-electron chi connectivity index (χ1n) is 10.0. The Morgan fingerprint density at radius 2 is 1.84 bits per heavy atom. The number of amides is 1. The van der Waals surface area contributed by atoms with Gasteiger partial charge in [0.15, 0.2) is 14.6 Å². The minimum Gasteiger partial charge on any atom is -0.481 e. The Morgan fingerprint density at radius 3 is 2.41 bits per heavy atom. The molecule has 0 N–H and O–H groups in total. The van der Waals surface area contributed by atoms with E-state index in [-0.39, 0.29) is 43.3 Å². The molecule has 0 radical (unpaired) electrons. The van der Waals surface area contributed by atoms with Crippen LogP contribution in [0.5, 0.6) is 5.75 Å². The van der Waals surface area contributed by atoms with Gasteiger partial charge in [-0.1, -0.05) is 5.92 Å². The zero-order chi connectivity index (χ0) is 23.2. The van der Waals surface area contributed by atoms with E-state index in [1.807, 2.05) is 0 Å². The average molecular weight is 457 g/mol. The largest absolute Gasteiger partial charge is 0.481 e. The third-order valence-corrected chi connectivity index (χ3v) is 7.96. The van der Waals surface area contributed by atoms with Crippen molar-refractivity contribution in [1.82, 2.24) is 9.88 Å². The van der Waals surface area contributed by atoms with E-state index in [4.69, 9.17) is 9.47 Å². The first-order chi connectivity index (χ1) is 15.4. The molecule has 9 heteroatoms. The molecular formula is C23H24N2O6S. The molecule has 32 heavy (non-hydrogen) atoms. The molecule has 1 aliphatic heterocycles. The predicted octanol–water partition coefficient (Wildman–Crippen LogP) is 2.11. The first-order valence-corrected chi connectivity index (χ1v) is 11.5. The zero-order valence-electron chi connectivity index (χ0n) is 17.9. The van der Waals surface area contributed by atoms with Crippen molar-refractivity contribution in [3.8, 4) is 17.6 Å². The normalized spacial score (nSPS) is 15.2. The van der Waals surface area contributed by atoms with Crippen LogP contribution in [0.1, 0.15) is 30.1 Å². The second kappa shape index (κ2) is 9.83. The van der Waals surface area contributed by atoms with Crippen molar-refractivity contribution in [2.24, 2.45) is 0 Å². The summed E-state index contributed by atoms with van der Waals surface area (Å²) in [7, 11) is -2.93. The summed E-state index contributed by atoms with van der Waals surface area (Å²) in [5, 5.41) is 0. The Bertz CT molecular complexity index is 1130. The number of likely N-dealkylation sites (tertiary alicyclic amines) is 1. The van der Waals surface area contributed by atoms with Crippen molar-refractivity contribution in [3.05, 3.63) is 54.4 Å². The number of hydrogen-bond acceptors (Lipinski definition) is 7. The lowest BCUT2D eigenvalue weighted by Gasteiger charge is -2.39. The molecule has 2 aromatic rings. The van der Waals surface area contributed by atoms with Crippen molar-refractivity contribution in [3.63, 3.8) is 0 Å². The molecule has 168 valence electrons. The first kappa shape index (κ1) is 23.3. The Hall–Kier alpha value is -3.38. The van der Waals surface area contributed by atoms with Crippen LogP contribution in [0.15, 0.2) is 53.7 Å². The summed E-state index contributed by atoms with van der Waals surface area (Å²) >= 11 is 0. The molecule has 1 aliphatic rings. The molecule has 1 saturated heterocycles. The lowest BCUT2D eigenvalue weighted by molar-refractivity contribution is -0.145. The fraction of sp³-hybridized carbons (Fsp3) is 0.348. The van der Waals surface area contributed by atoms with Crippen LogP contribution in [0.4, 0.5) is 0 Å². The smallest absolute Gasteiger partial charge is 0.327 e. The van der Waals surface area contributed by atoms with Gasteiger partial charge in [0.1, 0.15) is 12.4 Å². The van der Waals surface area contributed by atoms with Crippen LogP contribution in [-0.4, -0.2) is 61.7 Å². The maximum Gasteiger partial charge on any atom is 0.327 e. The SMILES string of the molecule is CC#CCOc1ccc(S(=O)(=O)C2(C(=O)OC)CCN(C(=O)c3cccnc3)CC2)cc1. The van der Waals surface area contributed by atoms with E-state index in [0.29, 0.717) is 11.3 Å². The Labute approximate surface area is 187 Å². The van der Waals surface area contributed by atoms with Gasteiger partial charge in [-0.2, -0.15) is 0 Å². The van der Waals surface area contributed by atoms with E-state index >= 15 is 0 Å². The van der Waals surface area contributed by atoms with Crippen LogP contribution < -0.4 is 4.74 Å². The Morgan fingerprint density at radius 1 is 1.16 bits per heavy atom. The summed E-state index contributed by atoms with van der Waals surface area (Å²) in [4.78, 5) is 30.9. The maximum atomic E-state index is 13.6. The van der Waals surface area contributed by atoms with Crippen LogP contribution in [0.2, 0.25) is 0 Å². The van der Waals surface area contributed by atoms with E-state index in [1.54, 1.807) is 25.3 Å². The van der Waals surface area contributed by atoms with Crippen molar-refractivity contribution >= 4 is 21.7 Å². The quantitative estimate of drug-likeness (QED) is 0.484. The molecule has 1 aromatic heterocycles. The fourth-order valence-electron chi connectivity index (χ4n) is 3.64. The number of methoxy groups -OCH3 is 1. The van der Waals surface area contributed by atoms with Crippen LogP contribution in [-0.2, 0) is 19.4 Å². The molecule has 1 fully saturated rings. The number of benzene rings is 1. The number of esters is 1. The van der Waals surface area contributed by atoms with E-state index in [1.165, 1.54) is 42.5 Å². The van der Waals surface area contributed by atoms with Gasteiger partial charge >= 0.3 is 5.97 Å². The number of piperidine rings is 1. The third kappa shape index (κ3) is 4.46. The van der Waals surface area contributed by atoms with Gasteiger partial charge in [-0.05, 0) is 56.2 Å². The van der Waals surface area contributed by atoms with Gasteiger partial charge in [-0.15, -0.1) is 5.92 Å². The van der Waals surface area contributed by atoms with Gasteiger partial charge in [0.2, 0.25) is 0 Å². The second-order valence-electron chi connectivity index (χ2n) is 7.21. The molecule has 1 amide bonds. The Balaban J connectivity index is 1.84. The van der Waals surface area contributed by atoms with Crippen LogP contribution >= 0.6 is 0 Å². The minimum atomic E-state index is -4.10. The summed E-state index contributed by atoms with van der Waals surface area (Å²) in [5.74, 6) is 4.85. The summed E-state index contributed by atoms with van der Waals surface area (Å²) in [6, 6.07) is 9.16. The number of carbonyl (C=O) groups excluding carboxylic acids is 2. The van der Waals surface area contributed by atoms with Crippen molar-refractivity contribution in [2.75, 3.05) is 26.8 Å². The molecule has 0 atom stereocenters. The number of nitrogens with zero attached hydrogens (tertiary/aromatic N) is 2. The maximum absolute atomic E-state index is 13.6. The highest BCUT2D eigenvalue weighted by Crippen LogP contribution is 2.37. The third-order valence-electron chi connectivity index (χ3n) is 5.46. The number of pyridine rings is 1. The standard InChI is InChI=1S/C23H24N2O6S/c1-3-4-16-31-19-7-9-20(10-8-19)32(28,29)23(22(27)30-2)11-14-25(15-12-23)21(26)18-6-5-13-24-17-18/h5-10,13,17H,11-12,14-16H2,1-2H3. The molecule has 8 nitrogen and oxygen atoms in total. The molecule has 1 aromatic carbocycles. The number of carbonyl (C=O) groups is 2. The lowest BCUT2D eigenvalue weighted by atomic mass is 9.95. The number of hydrogen-bond donors (Lipinski definition) is 0. The zero-order valence-corrected chi connectivity index (χ0v) is 18.7. The van der Waals surface area contributed by atoms with E-state index < -0.39 is 20.6 Å². The van der Waals surface area contributed by atoms with E-state index in [9.17, 15) is 18.0 Å². The Kier molecular flexibility index (Phi) is 7.15. The van der Waals surface area contributed by atoms with Crippen molar-refractivity contribution in [1.29, 1.82) is 0 Å². The van der Waals surface area contributed by atoms with Crippen LogP contribution in [0.25, 0.3) is 0 Å². The van der Waals surface area contributed by atoms with Gasteiger partial charge in [0, 0.05) is 25.5 Å². The molecular weight excluding hydrogens is 432 g/mol. The van der Waals surface area contributed by atoms with Crippen molar-refractivity contribution in [2.45, 2.75) is 29.4 Å². The molecule has 2 heterocycles. The lowest BCUT2D eigenvalue weighted by Crippen LogP contribution is -2.55. The fourth-order valence-corrected chi connectivity index (χ4v) is 5.61. The highest BCUT2D eigenvalue weighted by molar-refractivity contribution is 7.93. The number of rotatable bonds is 6. The summed E-state index contributed by atoms with van der Waals surface area (Å²) in [5.41, 5.74) is 0.407. The molecule has 0 aliphatic carbocycles. The second-order valence-corrected chi connectivity index (χ2v) is 9.47. The molecule has 0 unspecified atom stereocenters. The van der Waals surface area contributed by atoms with Crippen molar-refractivity contribution < 1.29 is 27.5 Å². The molecule has 0 saturated carbocycles. The average Bonchev–Trinajstić information content (AvgIpc) is 2.84. The van der Waals surface area contributed by atoms with Gasteiger partial charge in [-0.25, -0.2) is 8.42 Å². The highest BCUT2D eigenvalue weighted by Gasteiger charge is 2.54. The topological polar surface area (TPSA) is 103 Å². The van der Waals surface area contributed by atoms with Gasteiger partial charge in [0.25, 0.3) is 5.91 Å². The van der Waals surface area contributed by atoms with Gasteiger partial charge in [0.05, 0.1) is 17.6 Å². The molecule has 0 bridgehead atoms. The minimum absolute atomic E-state index is 0.0103. The molecule has 0 spiro atoms. The van der Waals surface area contributed by atoms with Crippen LogP contribution in [0.3, 0.4) is 0 Å². The molecule has 3 rings (SSSR count). The monoisotopic (exact) mass is 456 g/mol. The summed E-state index contributed by atoms with van der Waals surface area (Å²) in [6.45, 7) is 2.08. The summed E-state index contributed by atoms with van der Waals surface area (Å²) < 4.78 is 35.7.